The van der Waals surface area contributed by atoms with Crippen LogP contribution in [-0.4, -0.2) is 49.1 Å². The van der Waals surface area contributed by atoms with Crippen LogP contribution < -0.4 is 10.6 Å². The monoisotopic (exact) mass is 281 g/mol. The Morgan fingerprint density at radius 3 is 2.40 bits per heavy atom. The lowest BCUT2D eigenvalue weighted by molar-refractivity contribution is -0.134. The zero-order chi connectivity index (χ0) is 14.6. The summed E-state index contributed by atoms with van der Waals surface area (Å²) in [5.74, 6) is 0.310. The quantitative estimate of drug-likeness (QED) is 0.825. The van der Waals surface area contributed by atoms with Crippen molar-refractivity contribution in [1.29, 1.82) is 0 Å². The SMILES string of the molecule is CCC1(C(=O)NC2CCN(C(C)C)CC2)CCNCC1. The first-order valence-corrected chi connectivity index (χ1v) is 8.33. The highest BCUT2D eigenvalue weighted by atomic mass is 16.2. The van der Waals surface area contributed by atoms with Gasteiger partial charge in [-0.05, 0) is 59.0 Å². The maximum atomic E-state index is 12.7. The van der Waals surface area contributed by atoms with Crippen LogP contribution in [0.4, 0.5) is 0 Å². The molecule has 0 atom stereocenters. The van der Waals surface area contributed by atoms with Gasteiger partial charge >= 0.3 is 0 Å². The number of hydrogen-bond donors (Lipinski definition) is 2. The number of carbonyl (C=O) groups excluding carboxylic acids is 1. The minimum absolute atomic E-state index is 0.111. The Labute approximate surface area is 123 Å². The number of carbonyl (C=O) groups is 1. The molecule has 0 spiro atoms. The van der Waals surface area contributed by atoms with Gasteiger partial charge in [-0.1, -0.05) is 6.92 Å². The molecule has 116 valence electrons. The largest absolute Gasteiger partial charge is 0.353 e. The Hall–Kier alpha value is -0.610. The lowest BCUT2D eigenvalue weighted by Crippen LogP contribution is -2.53. The van der Waals surface area contributed by atoms with Crippen LogP contribution in [0.2, 0.25) is 0 Å². The van der Waals surface area contributed by atoms with Gasteiger partial charge in [0.05, 0.1) is 5.41 Å². The lowest BCUT2D eigenvalue weighted by Gasteiger charge is -2.39. The van der Waals surface area contributed by atoms with Crippen LogP contribution in [0, 0.1) is 5.41 Å². The minimum atomic E-state index is -0.111. The first-order valence-electron chi connectivity index (χ1n) is 8.33. The zero-order valence-corrected chi connectivity index (χ0v) is 13.4. The van der Waals surface area contributed by atoms with Gasteiger partial charge in [0, 0.05) is 25.2 Å². The molecule has 0 saturated carbocycles. The summed E-state index contributed by atoms with van der Waals surface area (Å²) < 4.78 is 0. The maximum absolute atomic E-state index is 12.7. The molecule has 2 rings (SSSR count). The van der Waals surface area contributed by atoms with E-state index in [-0.39, 0.29) is 5.41 Å². The van der Waals surface area contributed by atoms with E-state index in [1.807, 2.05) is 0 Å². The van der Waals surface area contributed by atoms with Gasteiger partial charge < -0.3 is 15.5 Å². The topological polar surface area (TPSA) is 44.4 Å². The molecular formula is C16H31N3O. The van der Waals surface area contributed by atoms with Gasteiger partial charge in [0.1, 0.15) is 0 Å². The van der Waals surface area contributed by atoms with E-state index in [4.69, 9.17) is 0 Å². The van der Waals surface area contributed by atoms with E-state index < -0.39 is 0 Å². The second kappa shape index (κ2) is 6.90. The van der Waals surface area contributed by atoms with Crippen molar-refractivity contribution in [2.24, 2.45) is 5.41 Å². The molecule has 1 amide bonds. The van der Waals surface area contributed by atoms with Crippen molar-refractivity contribution in [2.45, 2.75) is 65.0 Å². The third-order valence-electron chi connectivity index (χ3n) is 5.31. The molecular weight excluding hydrogens is 250 g/mol. The molecule has 2 saturated heterocycles. The molecule has 0 aliphatic carbocycles. The van der Waals surface area contributed by atoms with E-state index in [2.05, 4.69) is 36.3 Å². The van der Waals surface area contributed by atoms with E-state index in [0.717, 1.165) is 58.3 Å². The minimum Gasteiger partial charge on any atom is -0.353 e. The summed E-state index contributed by atoms with van der Waals surface area (Å²) >= 11 is 0. The number of rotatable bonds is 4. The second-order valence-electron chi connectivity index (χ2n) is 6.76. The van der Waals surface area contributed by atoms with Crippen molar-refractivity contribution in [3.8, 4) is 0 Å². The smallest absolute Gasteiger partial charge is 0.226 e. The molecule has 2 N–H and O–H groups in total. The number of hydrogen-bond acceptors (Lipinski definition) is 3. The van der Waals surface area contributed by atoms with E-state index in [1.54, 1.807) is 0 Å². The Morgan fingerprint density at radius 1 is 1.30 bits per heavy atom. The number of piperidine rings is 2. The van der Waals surface area contributed by atoms with Crippen molar-refractivity contribution >= 4 is 5.91 Å². The fourth-order valence-electron chi connectivity index (χ4n) is 3.55. The predicted octanol–water partition coefficient (Wildman–Crippen LogP) is 1.76. The average molecular weight is 281 g/mol. The first kappa shape index (κ1) is 15.8. The lowest BCUT2D eigenvalue weighted by atomic mass is 9.75. The maximum Gasteiger partial charge on any atom is 0.226 e. The van der Waals surface area contributed by atoms with Crippen LogP contribution >= 0.6 is 0 Å². The fraction of sp³-hybridized carbons (Fsp3) is 0.938. The van der Waals surface area contributed by atoms with Crippen LogP contribution in [-0.2, 0) is 4.79 Å². The second-order valence-corrected chi connectivity index (χ2v) is 6.76. The molecule has 2 heterocycles. The summed E-state index contributed by atoms with van der Waals surface area (Å²) in [5, 5.41) is 6.71. The predicted molar refractivity (Wildman–Crippen MR) is 82.7 cm³/mol. The summed E-state index contributed by atoms with van der Waals surface area (Å²) in [6.07, 6.45) is 5.13. The molecule has 4 nitrogen and oxygen atoms in total. The Bertz CT molecular complexity index is 316. The van der Waals surface area contributed by atoms with E-state index in [9.17, 15) is 4.79 Å². The van der Waals surface area contributed by atoms with Crippen molar-refractivity contribution in [3.05, 3.63) is 0 Å². The van der Waals surface area contributed by atoms with Gasteiger partial charge in [-0.2, -0.15) is 0 Å². The normalized spacial score (nSPS) is 24.8. The Morgan fingerprint density at radius 2 is 1.90 bits per heavy atom. The van der Waals surface area contributed by atoms with Crippen LogP contribution in [0.1, 0.15) is 52.9 Å². The molecule has 0 aromatic carbocycles. The van der Waals surface area contributed by atoms with Crippen molar-refractivity contribution < 1.29 is 4.79 Å². The molecule has 0 aromatic heterocycles. The van der Waals surface area contributed by atoms with E-state index in [0.29, 0.717) is 18.0 Å². The highest BCUT2D eigenvalue weighted by molar-refractivity contribution is 5.83. The molecule has 2 fully saturated rings. The standard InChI is InChI=1S/C16H31N3O/c1-4-16(7-9-17-10-8-16)15(20)18-14-5-11-19(12-6-14)13(2)3/h13-14,17H,4-12H2,1-3H3,(H,18,20). The number of nitrogens with one attached hydrogen (secondary N) is 2. The van der Waals surface area contributed by atoms with Gasteiger partial charge in [0.2, 0.25) is 5.91 Å². The molecule has 4 heteroatoms. The van der Waals surface area contributed by atoms with Gasteiger partial charge in [0.15, 0.2) is 0 Å². The van der Waals surface area contributed by atoms with Gasteiger partial charge in [-0.15, -0.1) is 0 Å². The summed E-state index contributed by atoms with van der Waals surface area (Å²) in [5.41, 5.74) is -0.111. The molecule has 2 aliphatic rings. The molecule has 0 bridgehead atoms. The molecule has 2 aliphatic heterocycles. The average Bonchev–Trinajstić information content (AvgIpc) is 2.48. The molecule has 20 heavy (non-hydrogen) atoms. The van der Waals surface area contributed by atoms with Crippen LogP contribution in [0.25, 0.3) is 0 Å². The number of amides is 1. The highest BCUT2D eigenvalue weighted by Gasteiger charge is 2.38. The summed E-state index contributed by atoms with van der Waals surface area (Å²) in [6.45, 7) is 10.8. The van der Waals surface area contributed by atoms with Crippen LogP contribution in [0.15, 0.2) is 0 Å². The van der Waals surface area contributed by atoms with Crippen molar-refractivity contribution in [1.82, 2.24) is 15.5 Å². The summed E-state index contributed by atoms with van der Waals surface area (Å²) in [6, 6.07) is 1.01. The third-order valence-corrected chi connectivity index (χ3v) is 5.31. The first-order chi connectivity index (χ1) is 9.57. The van der Waals surface area contributed by atoms with Crippen LogP contribution in [0.5, 0.6) is 0 Å². The van der Waals surface area contributed by atoms with Gasteiger partial charge in [-0.3, -0.25) is 4.79 Å². The summed E-state index contributed by atoms with van der Waals surface area (Å²) in [7, 11) is 0. The van der Waals surface area contributed by atoms with Crippen molar-refractivity contribution in [3.63, 3.8) is 0 Å². The number of nitrogens with zero attached hydrogens (tertiary/aromatic N) is 1. The van der Waals surface area contributed by atoms with Crippen LogP contribution in [0.3, 0.4) is 0 Å². The molecule has 0 aromatic rings. The fourth-order valence-corrected chi connectivity index (χ4v) is 3.55. The molecule has 0 radical (unpaired) electrons. The zero-order valence-electron chi connectivity index (χ0n) is 13.4. The Balaban J connectivity index is 1.85. The van der Waals surface area contributed by atoms with E-state index in [1.165, 1.54) is 0 Å². The Kier molecular flexibility index (Phi) is 5.44. The van der Waals surface area contributed by atoms with Crippen molar-refractivity contribution in [2.75, 3.05) is 26.2 Å². The molecule has 0 unspecified atom stereocenters. The van der Waals surface area contributed by atoms with E-state index >= 15 is 0 Å². The van der Waals surface area contributed by atoms with Gasteiger partial charge in [0.25, 0.3) is 0 Å². The third kappa shape index (κ3) is 3.53. The van der Waals surface area contributed by atoms with Gasteiger partial charge in [-0.25, -0.2) is 0 Å². The number of likely N-dealkylation sites (tertiary alicyclic amines) is 1. The summed E-state index contributed by atoms with van der Waals surface area (Å²) in [4.78, 5) is 15.2. The highest BCUT2D eigenvalue weighted by Crippen LogP contribution is 2.33.